The Morgan fingerprint density at radius 3 is 2.40 bits per heavy atom. The Kier molecular flexibility index (Phi) is 4.07. The lowest BCUT2D eigenvalue weighted by atomic mass is 10.2. The van der Waals surface area contributed by atoms with Crippen molar-refractivity contribution in [1.29, 1.82) is 0 Å². The summed E-state index contributed by atoms with van der Waals surface area (Å²) in [6.07, 6.45) is -2.16. The molecule has 9 heteroatoms. The van der Waals surface area contributed by atoms with E-state index in [1.165, 1.54) is 0 Å². The lowest BCUT2D eigenvalue weighted by Crippen LogP contribution is -2.18. The Labute approximate surface area is 140 Å². The Bertz CT molecular complexity index is 909. The molecule has 0 spiro atoms. The molecule has 1 amide bonds. The molecule has 0 fully saturated rings. The van der Waals surface area contributed by atoms with Gasteiger partial charge in [0.15, 0.2) is 11.4 Å². The number of aromatic amines is 1. The molecule has 0 radical (unpaired) electrons. The average Bonchev–Trinajstić information content (AvgIpc) is 3.16. The van der Waals surface area contributed by atoms with Gasteiger partial charge < -0.3 is 14.9 Å². The second-order valence-corrected chi connectivity index (χ2v) is 5.41. The van der Waals surface area contributed by atoms with E-state index in [1.807, 2.05) is 23.4 Å². The topological polar surface area (TPSA) is 75.6 Å². The maximum atomic E-state index is 12.8. The van der Waals surface area contributed by atoms with Gasteiger partial charge in [0.25, 0.3) is 5.91 Å². The van der Waals surface area contributed by atoms with Gasteiger partial charge in [0, 0.05) is 17.1 Å². The van der Waals surface area contributed by atoms with E-state index in [2.05, 4.69) is 15.3 Å². The summed E-state index contributed by atoms with van der Waals surface area (Å²) in [5.74, 6) is -0.934. The van der Waals surface area contributed by atoms with Crippen LogP contribution in [-0.4, -0.2) is 25.4 Å². The number of carbonyl (C=O) groups is 1. The number of hydrogen-bond acceptors (Lipinski definition) is 3. The lowest BCUT2D eigenvalue weighted by Gasteiger charge is -2.09. The molecule has 0 aliphatic carbocycles. The Balaban J connectivity index is 1.79. The number of imidazole rings is 2. The molecular formula is C16H14F3N5O. The molecule has 3 rings (SSSR count). The third kappa shape index (κ3) is 3.25. The van der Waals surface area contributed by atoms with Crippen LogP contribution < -0.4 is 5.32 Å². The monoisotopic (exact) mass is 349 g/mol. The minimum atomic E-state index is -4.68. The first-order chi connectivity index (χ1) is 11.8. The van der Waals surface area contributed by atoms with Gasteiger partial charge in [-0.25, -0.2) is 9.97 Å². The van der Waals surface area contributed by atoms with Crippen LogP contribution in [0.5, 0.6) is 0 Å². The molecule has 25 heavy (non-hydrogen) atoms. The van der Waals surface area contributed by atoms with Gasteiger partial charge in [0.1, 0.15) is 0 Å². The van der Waals surface area contributed by atoms with E-state index in [4.69, 9.17) is 0 Å². The van der Waals surface area contributed by atoms with Crippen LogP contribution >= 0.6 is 0 Å². The van der Waals surface area contributed by atoms with Crippen molar-refractivity contribution in [3.8, 4) is 5.69 Å². The molecule has 0 saturated carbocycles. The number of nitrogens with one attached hydrogen (secondary N) is 2. The van der Waals surface area contributed by atoms with E-state index in [9.17, 15) is 18.0 Å². The average molecular weight is 349 g/mol. The second kappa shape index (κ2) is 6.08. The van der Waals surface area contributed by atoms with Crippen LogP contribution in [0.2, 0.25) is 0 Å². The van der Waals surface area contributed by atoms with E-state index in [1.54, 1.807) is 30.6 Å². The molecule has 2 N–H and O–H groups in total. The normalized spacial score (nSPS) is 11.6. The molecule has 3 aromatic rings. The first-order valence-corrected chi connectivity index (χ1v) is 7.30. The molecule has 0 unspecified atom stereocenters. The van der Waals surface area contributed by atoms with E-state index < -0.39 is 23.5 Å². The van der Waals surface area contributed by atoms with Gasteiger partial charge in [-0.15, -0.1) is 0 Å². The number of H-pyrrole nitrogens is 1. The van der Waals surface area contributed by atoms with Crippen molar-refractivity contribution < 1.29 is 18.0 Å². The minimum absolute atomic E-state index is 0.361. The number of hydrogen-bond donors (Lipinski definition) is 2. The number of carbonyl (C=O) groups excluding carboxylic acids is 1. The standard InChI is InChI=1S/C16H14F3N5O/c1-9-10(2)24(8-22-9)12-5-3-11(4-6-12)23-15(25)13-14(16(17,18)19)21-7-20-13/h3-8H,1-2H3,(H,20,21)(H,23,25). The Hall–Kier alpha value is -3.10. The van der Waals surface area contributed by atoms with Gasteiger partial charge in [-0.1, -0.05) is 0 Å². The van der Waals surface area contributed by atoms with E-state index >= 15 is 0 Å². The summed E-state index contributed by atoms with van der Waals surface area (Å²) in [6, 6.07) is 6.67. The number of rotatable bonds is 3. The predicted molar refractivity (Wildman–Crippen MR) is 84.6 cm³/mol. The highest BCUT2D eigenvalue weighted by atomic mass is 19.4. The van der Waals surface area contributed by atoms with Gasteiger partial charge in [-0.05, 0) is 38.1 Å². The zero-order valence-corrected chi connectivity index (χ0v) is 13.3. The summed E-state index contributed by atoms with van der Waals surface area (Å²) < 4.78 is 40.3. The fraction of sp³-hybridized carbons (Fsp3) is 0.188. The zero-order chi connectivity index (χ0) is 18.2. The van der Waals surface area contributed by atoms with Gasteiger partial charge in [-0.3, -0.25) is 4.79 Å². The summed E-state index contributed by atoms with van der Waals surface area (Å²) in [5.41, 5.74) is 1.19. The highest BCUT2D eigenvalue weighted by Gasteiger charge is 2.37. The molecule has 0 aliphatic rings. The third-order valence-corrected chi connectivity index (χ3v) is 3.79. The number of benzene rings is 1. The predicted octanol–water partition coefficient (Wildman–Crippen LogP) is 3.48. The molecule has 0 saturated heterocycles. The van der Waals surface area contributed by atoms with E-state index in [0.717, 1.165) is 23.4 Å². The SMILES string of the molecule is Cc1ncn(-c2ccc(NC(=O)c3nc[nH]c3C(F)(F)F)cc2)c1C. The van der Waals surface area contributed by atoms with Crippen LogP contribution in [0, 0.1) is 13.8 Å². The van der Waals surface area contributed by atoms with Crippen LogP contribution in [0.1, 0.15) is 27.6 Å². The lowest BCUT2D eigenvalue weighted by molar-refractivity contribution is -0.141. The van der Waals surface area contributed by atoms with Crippen molar-refractivity contribution in [3.05, 3.63) is 59.7 Å². The van der Waals surface area contributed by atoms with Crippen LogP contribution in [0.15, 0.2) is 36.9 Å². The molecule has 1 aromatic carbocycles. The Morgan fingerprint density at radius 2 is 1.84 bits per heavy atom. The molecule has 0 atom stereocenters. The molecular weight excluding hydrogens is 335 g/mol. The number of aromatic nitrogens is 4. The third-order valence-electron chi connectivity index (χ3n) is 3.79. The molecule has 2 heterocycles. The van der Waals surface area contributed by atoms with Crippen LogP contribution in [-0.2, 0) is 6.18 Å². The highest BCUT2D eigenvalue weighted by Crippen LogP contribution is 2.30. The quantitative estimate of drug-likeness (QED) is 0.760. The van der Waals surface area contributed by atoms with Gasteiger partial charge in [-0.2, -0.15) is 13.2 Å². The number of alkyl halides is 3. The largest absolute Gasteiger partial charge is 0.433 e. The van der Waals surface area contributed by atoms with Crippen LogP contribution in [0.25, 0.3) is 5.69 Å². The van der Waals surface area contributed by atoms with Crippen molar-refractivity contribution in [2.45, 2.75) is 20.0 Å². The summed E-state index contributed by atoms with van der Waals surface area (Å²) in [4.78, 5) is 21.7. The fourth-order valence-corrected chi connectivity index (χ4v) is 2.34. The summed E-state index contributed by atoms with van der Waals surface area (Å²) in [6.45, 7) is 3.82. The van der Waals surface area contributed by atoms with Crippen molar-refractivity contribution in [3.63, 3.8) is 0 Å². The van der Waals surface area contributed by atoms with Crippen molar-refractivity contribution >= 4 is 11.6 Å². The minimum Gasteiger partial charge on any atom is -0.340 e. The van der Waals surface area contributed by atoms with Crippen LogP contribution in [0.3, 0.4) is 0 Å². The molecule has 0 aliphatic heterocycles. The summed E-state index contributed by atoms with van der Waals surface area (Å²) in [7, 11) is 0. The summed E-state index contributed by atoms with van der Waals surface area (Å²) >= 11 is 0. The molecule has 2 aromatic heterocycles. The number of halogens is 3. The zero-order valence-electron chi connectivity index (χ0n) is 13.3. The first kappa shape index (κ1) is 16.7. The van der Waals surface area contributed by atoms with Crippen LogP contribution in [0.4, 0.5) is 18.9 Å². The van der Waals surface area contributed by atoms with Crippen molar-refractivity contribution in [2.24, 2.45) is 0 Å². The molecule has 6 nitrogen and oxygen atoms in total. The Morgan fingerprint density at radius 1 is 1.16 bits per heavy atom. The fourth-order valence-electron chi connectivity index (χ4n) is 2.34. The maximum Gasteiger partial charge on any atom is 0.433 e. The second-order valence-electron chi connectivity index (χ2n) is 5.41. The van der Waals surface area contributed by atoms with Gasteiger partial charge in [0.05, 0.1) is 18.3 Å². The van der Waals surface area contributed by atoms with Gasteiger partial charge in [0.2, 0.25) is 0 Å². The summed E-state index contributed by atoms with van der Waals surface area (Å²) in [5, 5.41) is 2.41. The number of nitrogens with zero attached hydrogens (tertiary/aromatic N) is 3. The van der Waals surface area contributed by atoms with Crippen molar-refractivity contribution in [1.82, 2.24) is 19.5 Å². The molecule has 130 valence electrons. The molecule has 0 bridgehead atoms. The van der Waals surface area contributed by atoms with E-state index in [-0.39, 0.29) is 0 Å². The number of amides is 1. The number of aryl methyl sites for hydroxylation is 1. The maximum absolute atomic E-state index is 12.8. The highest BCUT2D eigenvalue weighted by molar-refractivity contribution is 6.03. The van der Waals surface area contributed by atoms with Crippen molar-refractivity contribution in [2.75, 3.05) is 5.32 Å². The number of anilines is 1. The van der Waals surface area contributed by atoms with Gasteiger partial charge >= 0.3 is 6.18 Å². The first-order valence-electron chi connectivity index (χ1n) is 7.30. The smallest absolute Gasteiger partial charge is 0.340 e. The van der Waals surface area contributed by atoms with E-state index in [0.29, 0.717) is 5.69 Å².